The van der Waals surface area contributed by atoms with E-state index in [0.717, 1.165) is 31.6 Å². The fourth-order valence-electron chi connectivity index (χ4n) is 2.44. The van der Waals surface area contributed by atoms with Crippen LogP contribution in [-0.4, -0.2) is 22.9 Å². The lowest BCUT2D eigenvalue weighted by Crippen LogP contribution is -2.26. The highest BCUT2D eigenvalue weighted by atomic mass is 19.1. The highest BCUT2D eigenvalue weighted by Gasteiger charge is 2.16. The van der Waals surface area contributed by atoms with E-state index in [1.807, 2.05) is 10.9 Å². The Hall–Kier alpha value is -1.68. The molecule has 94 valence electrons. The molecule has 1 N–H and O–H groups in total. The highest BCUT2D eigenvalue weighted by molar-refractivity contribution is 5.32. The van der Waals surface area contributed by atoms with Gasteiger partial charge in [0.05, 0.1) is 11.9 Å². The maximum atomic E-state index is 12.9. The SMILES string of the molecule is Fc1ccc(-n2cc(C3CCNCC3)cn2)cc1. The van der Waals surface area contributed by atoms with Gasteiger partial charge in [0.2, 0.25) is 0 Å². The van der Waals surface area contributed by atoms with Gasteiger partial charge in [-0.15, -0.1) is 0 Å². The quantitative estimate of drug-likeness (QED) is 0.881. The molecule has 18 heavy (non-hydrogen) atoms. The van der Waals surface area contributed by atoms with Crippen molar-refractivity contribution in [3.63, 3.8) is 0 Å². The lowest BCUT2D eigenvalue weighted by Gasteiger charge is -2.21. The summed E-state index contributed by atoms with van der Waals surface area (Å²) < 4.78 is 14.7. The highest BCUT2D eigenvalue weighted by Crippen LogP contribution is 2.25. The van der Waals surface area contributed by atoms with Crippen LogP contribution in [0.15, 0.2) is 36.7 Å². The van der Waals surface area contributed by atoms with E-state index in [2.05, 4.69) is 16.6 Å². The fourth-order valence-corrected chi connectivity index (χ4v) is 2.44. The standard InChI is InChI=1S/C14H16FN3/c15-13-1-3-14(4-2-13)18-10-12(9-17-18)11-5-7-16-8-6-11/h1-4,9-11,16H,5-8H2. The van der Waals surface area contributed by atoms with Gasteiger partial charge in [0, 0.05) is 6.20 Å². The Bertz CT molecular complexity index is 512. The van der Waals surface area contributed by atoms with Crippen LogP contribution in [0.3, 0.4) is 0 Å². The minimum absolute atomic E-state index is 0.218. The Kier molecular flexibility index (Phi) is 3.11. The van der Waals surface area contributed by atoms with Crippen LogP contribution in [-0.2, 0) is 0 Å². The van der Waals surface area contributed by atoms with Crippen molar-refractivity contribution >= 4 is 0 Å². The first kappa shape index (κ1) is 11.4. The molecular weight excluding hydrogens is 229 g/mol. The summed E-state index contributed by atoms with van der Waals surface area (Å²) in [5.74, 6) is 0.380. The van der Waals surface area contributed by atoms with Crippen LogP contribution in [0.1, 0.15) is 24.3 Å². The van der Waals surface area contributed by atoms with Crippen molar-refractivity contribution in [1.29, 1.82) is 0 Å². The number of rotatable bonds is 2. The number of nitrogens with one attached hydrogen (secondary N) is 1. The molecule has 0 bridgehead atoms. The van der Waals surface area contributed by atoms with Gasteiger partial charge in [-0.25, -0.2) is 9.07 Å². The molecule has 1 aromatic carbocycles. The summed E-state index contributed by atoms with van der Waals surface area (Å²) in [7, 11) is 0. The Morgan fingerprint density at radius 1 is 1.17 bits per heavy atom. The van der Waals surface area contributed by atoms with E-state index in [4.69, 9.17) is 0 Å². The van der Waals surface area contributed by atoms with Crippen molar-refractivity contribution in [1.82, 2.24) is 15.1 Å². The maximum absolute atomic E-state index is 12.9. The van der Waals surface area contributed by atoms with E-state index in [-0.39, 0.29) is 5.82 Å². The van der Waals surface area contributed by atoms with Gasteiger partial charge in [-0.05, 0) is 61.7 Å². The number of hydrogen-bond donors (Lipinski definition) is 1. The number of piperidine rings is 1. The van der Waals surface area contributed by atoms with Gasteiger partial charge in [0.1, 0.15) is 5.82 Å². The molecule has 0 saturated carbocycles. The molecule has 0 spiro atoms. The molecule has 0 atom stereocenters. The molecule has 4 heteroatoms. The molecule has 1 fully saturated rings. The molecule has 3 nitrogen and oxygen atoms in total. The minimum Gasteiger partial charge on any atom is -0.317 e. The number of aromatic nitrogens is 2. The van der Waals surface area contributed by atoms with E-state index >= 15 is 0 Å². The minimum atomic E-state index is -0.218. The number of nitrogens with zero attached hydrogens (tertiary/aromatic N) is 2. The third-order valence-electron chi connectivity index (χ3n) is 3.50. The lowest BCUT2D eigenvalue weighted by molar-refractivity contribution is 0.460. The van der Waals surface area contributed by atoms with Gasteiger partial charge in [-0.3, -0.25) is 0 Å². The Morgan fingerprint density at radius 2 is 1.89 bits per heavy atom. The van der Waals surface area contributed by atoms with Crippen LogP contribution in [0.25, 0.3) is 5.69 Å². The first-order chi connectivity index (χ1) is 8.83. The zero-order chi connectivity index (χ0) is 12.4. The lowest BCUT2D eigenvalue weighted by atomic mass is 9.93. The van der Waals surface area contributed by atoms with Crippen LogP contribution in [0, 0.1) is 5.82 Å². The Balaban J connectivity index is 1.82. The van der Waals surface area contributed by atoms with Gasteiger partial charge in [0.15, 0.2) is 0 Å². The second-order valence-electron chi connectivity index (χ2n) is 4.72. The Labute approximate surface area is 106 Å². The average Bonchev–Trinajstić information content (AvgIpc) is 2.90. The van der Waals surface area contributed by atoms with E-state index in [0.29, 0.717) is 5.92 Å². The molecule has 2 aromatic rings. The summed E-state index contributed by atoms with van der Waals surface area (Å²) in [6.07, 6.45) is 6.31. The molecule has 2 heterocycles. The number of hydrogen-bond acceptors (Lipinski definition) is 2. The van der Waals surface area contributed by atoms with Crippen molar-refractivity contribution in [2.75, 3.05) is 13.1 Å². The van der Waals surface area contributed by atoms with E-state index in [9.17, 15) is 4.39 Å². The smallest absolute Gasteiger partial charge is 0.123 e. The summed E-state index contributed by atoms with van der Waals surface area (Å²) >= 11 is 0. The predicted octanol–water partition coefficient (Wildman–Crippen LogP) is 2.48. The van der Waals surface area contributed by atoms with Crippen LogP contribution >= 0.6 is 0 Å². The Morgan fingerprint density at radius 3 is 2.61 bits per heavy atom. The fraction of sp³-hybridized carbons (Fsp3) is 0.357. The first-order valence-corrected chi connectivity index (χ1v) is 6.34. The molecule has 0 aliphatic carbocycles. The van der Waals surface area contributed by atoms with Gasteiger partial charge < -0.3 is 5.32 Å². The van der Waals surface area contributed by atoms with Crippen molar-refractivity contribution in [3.05, 3.63) is 48.0 Å². The molecular formula is C14H16FN3. The number of benzene rings is 1. The van der Waals surface area contributed by atoms with Gasteiger partial charge >= 0.3 is 0 Å². The topological polar surface area (TPSA) is 29.9 Å². The third-order valence-corrected chi connectivity index (χ3v) is 3.50. The van der Waals surface area contributed by atoms with Crippen LogP contribution in [0.2, 0.25) is 0 Å². The summed E-state index contributed by atoms with van der Waals surface area (Å²) in [6.45, 7) is 2.15. The molecule has 0 radical (unpaired) electrons. The summed E-state index contributed by atoms with van der Waals surface area (Å²) in [5.41, 5.74) is 2.18. The van der Waals surface area contributed by atoms with Crippen molar-refractivity contribution in [2.24, 2.45) is 0 Å². The van der Waals surface area contributed by atoms with Crippen LogP contribution in [0.4, 0.5) is 4.39 Å². The second kappa shape index (κ2) is 4.90. The zero-order valence-corrected chi connectivity index (χ0v) is 10.1. The molecule has 1 aliphatic heterocycles. The second-order valence-corrected chi connectivity index (χ2v) is 4.72. The van der Waals surface area contributed by atoms with Crippen molar-refractivity contribution in [2.45, 2.75) is 18.8 Å². The van der Waals surface area contributed by atoms with Crippen molar-refractivity contribution < 1.29 is 4.39 Å². The molecule has 1 aliphatic rings. The summed E-state index contributed by atoms with van der Waals surface area (Å²) in [5, 5.41) is 7.73. The van der Waals surface area contributed by atoms with E-state index < -0.39 is 0 Å². The van der Waals surface area contributed by atoms with Gasteiger partial charge in [-0.1, -0.05) is 0 Å². The molecule has 0 unspecified atom stereocenters. The average molecular weight is 245 g/mol. The zero-order valence-electron chi connectivity index (χ0n) is 10.1. The molecule has 1 saturated heterocycles. The van der Waals surface area contributed by atoms with E-state index in [1.54, 1.807) is 12.1 Å². The van der Waals surface area contributed by atoms with Gasteiger partial charge in [-0.2, -0.15) is 5.10 Å². The molecule has 0 amide bonds. The van der Waals surface area contributed by atoms with Crippen LogP contribution in [0.5, 0.6) is 0 Å². The number of halogens is 1. The predicted molar refractivity (Wildman–Crippen MR) is 68.4 cm³/mol. The van der Waals surface area contributed by atoms with Crippen LogP contribution < -0.4 is 5.32 Å². The monoisotopic (exact) mass is 245 g/mol. The van der Waals surface area contributed by atoms with E-state index in [1.165, 1.54) is 17.7 Å². The molecule has 1 aromatic heterocycles. The normalized spacial score (nSPS) is 16.9. The van der Waals surface area contributed by atoms with Crippen molar-refractivity contribution in [3.8, 4) is 5.69 Å². The van der Waals surface area contributed by atoms with Gasteiger partial charge in [0.25, 0.3) is 0 Å². The largest absolute Gasteiger partial charge is 0.317 e. The summed E-state index contributed by atoms with van der Waals surface area (Å²) in [6, 6.07) is 6.41. The maximum Gasteiger partial charge on any atom is 0.123 e. The first-order valence-electron chi connectivity index (χ1n) is 6.34. The third kappa shape index (κ3) is 2.29. The molecule has 3 rings (SSSR count). The summed E-state index contributed by atoms with van der Waals surface area (Å²) in [4.78, 5) is 0.